The zero-order chi connectivity index (χ0) is 10.2. The van der Waals surface area contributed by atoms with E-state index in [2.05, 4.69) is 0 Å². The quantitative estimate of drug-likeness (QED) is 0.706. The summed E-state index contributed by atoms with van der Waals surface area (Å²) < 4.78 is 5.22. The maximum absolute atomic E-state index is 10.8. The van der Waals surface area contributed by atoms with Crippen LogP contribution in [0.25, 0.3) is 0 Å². The molecule has 1 atom stereocenters. The van der Waals surface area contributed by atoms with Crippen molar-refractivity contribution in [2.24, 2.45) is 5.41 Å². The molecule has 1 unspecified atom stereocenters. The molecule has 2 saturated heterocycles. The monoisotopic (exact) mass is 199 g/mol. The van der Waals surface area contributed by atoms with Crippen molar-refractivity contribution >= 4 is 5.97 Å². The summed E-state index contributed by atoms with van der Waals surface area (Å²) in [6.07, 6.45) is 2.18. The van der Waals surface area contributed by atoms with Gasteiger partial charge in [0.15, 0.2) is 0 Å². The predicted octanol–water partition coefficient (Wildman–Crippen LogP) is 0.572. The topological polar surface area (TPSA) is 49.8 Å². The molecule has 2 aliphatic rings. The number of hydrogen-bond acceptors (Lipinski definition) is 3. The summed E-state index contributed by atoms with van der Waals surface area (Å²) in [5.41, 5.74) is 0.398. The van der Waals surface area contributed by atoms with Crippen LogP contribution >= 0.6 is 0 Å². The van der Waals surface area contributed by atoms with E-state index in [1.54, 1.807) is 6.92 Å². The molecule has 0 aromatic rings. The SMILES string of the molecule is CC(C(=O)O)N1CCC2(CC1)COC2. The predicted molar refractivity (Wildman–Crippen MR) is 51.2 cm³/mol. The van der Waals surface area contributed by atoms with Gasteiger partial charge in [-0.05, 0) is 32.9 Å². The summed E-state index contributed by atoms with van der Waals surface area (Å²) in [6.45, 7) is 5.32. The molecule has 0 aromatic carbocycles. The molecule has 0 aliphatic carbocycles. The number of nitrogens with zero attached hydrogens (tertiary/aromatic N) is 1. The lowest BCUT2D eigenvalue weighted by molar-refractivity contribution is -0.154. The van der Waals surface area contributed by atoms with E-state index in [0.717, 1.165) is 39.1 Å². The minimum Gasteiger partial charge on any atom is -0.480 e. The molecule has 2 fully saturated rings. The Morgan fingerprint density at radius 2 is 2.00 bits per heavy atom. The first kappa shape index (κ1) is 9.93. The third-order valence-corrected chi connectivity index (χ3v) is 3.58. The standard InChI is InChI=1S/C10H17NO3/c1-8(9(12)13)11-4-2-10(3-5-11)6-14-7-10/h8H,2-7H2,1H3,(H,12,13). The second kappa shape index (κ2) is 3.51. The maximum atomic E-state index is 10.8. The van der Waals surface area contributed by atoms with Crippen molar-refractivity contribution in [3.05, 3.63) is 0 Å². The van der Waals surface area contributed by atoms with Crippen LogP contribution in [0.2, 0.25) is 0 Å². The van der Waals surface area contributed by atoms with Gasteiger partial charge >= 0.3 is 5.97 Å². The van der Waals surface area contributed by atoms with E-state index >= 15 is 0 Å². The molecule has 4 heteroatoms. The molecule has 2 rings (SSSR count). The normalized spacial score (nSPS) is 28.4. The van der Waals surface area contributed by atoms with Crippen molar-refractivity contribution in [2.45, 2.75) is 25.8 Å². The molecule has 14 heavy (non-hydrogen) atoms. The molecule has 0 bridgehead atoms. The molecule has 80 valence electrons. The average molecular weight is 199 g/mol. The highest BCUT2D eigenvalue weighted by molar-refractivity contribution is 5.72. The first-order chi connectivity index (χ1) is 6.63. The van der Waals surface area contributed by atoms with Gasteiger partial charge in [0.05, 0.1) is 13.2 Å². The minimum atomic E-state index is -0.717. The van der Waals surface area contributed by atoms with Gasteiger partial charge in [-0.25, -0.2) is 0 Å². The highest BCUT2D eigenvalue weighted by Crippen LogP contribution is 2.38. The summed E-state index contributed by atoms with van der Waals surface area (Å²) in [4.78, 5) is 12.8. The van der Waals surface area contributed by atoms with E-state index in [4.69, 9.17) is 9.84 Å². The van der Waals surface area contributed by atoms with Crippen LogP contribution in [-0.2, 0) is 9.53 Å². The molecule has 1 N–H and O–H groups in total. The fourth-order valence-corrected chi connectivity index (χ4v) is 2.22. The first-order valence-corrected chi connectivity index (χ1v) is 5.18. The van der Waals surface area contributed by atoms with Crippen LogP contribution in [0, 0.1) is 5.41 Å². The van der Waals surface area contributed by atoms with Crippen molar-refractivity contribution in [3.8, 4) is 0 Å². The summed E-state index contributed by atoms with van der Waals surface area (Å²) in [5.74, 6) is -0.717. The van der Waals surface area contributed by atoms with Gasteiger partial charge in [0.25, 0.3) is 0 Å². The van der Waals surface area contributed by atoms with Gasteiger partial charge in [0.1, 0.15) is 6.04 Å². The number of likely N-dealkylation sites (tertiary alicyclic amines) is 1. The molecule has 2 aliphatic heterocycles. The molecule has 0 aromatic heterocycles. The second-order valence-corrected chi connectivity index (χ2v) is 4.54. The Hall–Kier alpha value is -0.610. The molecule has 4 nitrogen and oxygen atoms in total. The zero-order valence-electron chi connectivity index (χ0n) is 8.53. The molecule has 2 heterocycles. The Kier molecular flexibility index (Phi) is 2.49. The lowest BCUT2D eigenvalue weighted by atomic mass is 9.76. The maximum Gasteiger partial charge on any atom is 0.320 e. The molecule has 0 saturated carbocycles. The van der Waals surface area contributed by atoms with Gasteiger partial charge in [-0.2, -0.15) is 0 Å². The van der Waals surface area contributed by atoms with Crippen LogP contribution in [0.5, 0.6) is 0 Å². The number of piperidine rings is 1. The lowest BCUT2D eigenvalue weighted by Gasteiger charge is -2.48. The van der Waals surface area contributed by atoms with Crippen molar-refractivity contribution in [3.63, 3.8) is 0 Å². The van der Waals surface area contributed by atoms with E-state index in [1.165, 1.54) is 0 Å². The Morgan fingerprint density at radius 3 is 2.36 bits per heavy atom. The smallest absolute Gasteiger partial charge is 0.320 e. The van der Waals surface area contributed by atoms with Gasteiger partial charge < -0.3 is 9.84 Å². The molecular weight excluding hydrogens is 182 g/mol. The van der Waals surface area contributed by atoms with Gasteiger partial charge in [0, 0.05) is 5.41 Å². The highest BCUT2D eigenvalue weighted by atomic mass is 16.5. The summed E-state index contributed by atoms with van der Waals surface area (Å²) in [6, 6.07) is -0.339. The van der Waals surface area contributed by atoms with Crippen molar-refractivity contribution < 1.29 is 14.6 Å². The van der Waals surface area contributed by atoms with Crippen molar-refractivity contribution in [1.29, 1.82) is 0 Å². The summed E-state index contributed by atoms with van der Waals surface area (Å²) >= 11 is 0. The Morgan fingerprint density at radius 1 is 1.43 bits per heavy atom. The Labute approximate surface area is 83.8 Å². The van der Waals surface area contributed by atoms with E-state index in [1.807, 2.05) is 4.90 Å². The number of carboxylic acid groups (broad SMARTS) is 1. The largest absolute Gasteiger partial charge is 0.480 e. The van der Waals surface area contributed by atoms with Gasteiger partial charge in [-0.3, -0.25) is 9.69 Å². The second-order valence-electron chi connectivity index (χ2n) is 4.54. The third kappa shape index (κ3) is 1.64. The fourth-order valence-electron chi connectivity index (χ4n) is 2.22. The molecule has 1 spiro atoms. The number of ether oxygens (including phenoxy) is 1. The zero-order valence-corrected chi connectivity index (χ0v) is 8.53. The average Bonchev–Trinajstić information content (AvgIpc) is 2.14. The van der Waals surface area contributed by atoms with E-state index in [9.17, 15) is 4.79 Å². The molecular formula is C10H17NO3. The number of hydrogen-bond donors (Lipinski definition) is 1. The molecule has 0 amide bonds. The van der Waals surface area contributed by atoms with E-state index < -0.39 is 5.97 Å². The Balaban J connectivity index is 1.86. The number of carboxylic acids is 1. The Bertz CT molecular complexity index is 228. The highest BCUT2D eigenvalue weighted by Gasteiger charge is 2.42. The van der Waals surface area contributed by atoms with E-state index in [0.29, 0.717) is 5.41 Å². The number of carbonyl (C=O) groups is 1. The van der Waals surface area contributed by atoms with Crippen molar-refractivity contribution in [1.82, 2.24) is 4.90 Å². The lowest BCUT2D eigenvalue weighted by Crippen LogP contribution is -2.53. The molecule has 0 radical (unpaired) electrons. The van der Waals surface area contributed by atoms with Crippen LogP contribution in [0.15, 0.2) is 0 Å². The number of rotatable bonds is 2. The van der Waals surface area contributed by atoms with E-state index in [-0.39, 0.29) is 6.04 Å². The van der Waals surface area contributed by atoms with Gasteiger partial charge in [-0.1, -0.05) is 0 Å². The van der Waals surface area contributed by atoms with Crippen LogP contribution < -0.4 is 0 Å². The van der Waals surface area contributed by atoms with Crippen LogP contribution in [-0.4, -0.2) is 48.3 Å². The van der Waals surface area contributed by atoms with Crippen LogP contribution in [0.1, 0.15) is 19.8 Å². The van der Waals surface area contributed by atoms with Crippen LogP contribution in [0.3, 0.4) is 0 Å². The third-order valence-electron chi connectivity index (χ3n) is 3.58. The van der Waals surface area contributed by atoms with Crippen molar-refractivity contribution in [2.75, 3.05) is 26.3 Å². The van der Waals surface area contributed by atoms with Crippen LogP contribution in [0.4, 0.5) is 0 Å². The summed E-state index contributed by atoms with van der Waals surface area (Å²) in [7, 11) is 0. The van der Waals surface area contributed by atoms with Gasteiger partial charge in [-0.15, -0.1) is 0 Å². The number of aliphatic carboxylic acids is 1. The fraction of sp³-hybridized carbons (Fsp3) is 0.900. The summed E-state index contributed by atoms with van der Waals surface area (Å²) in [5, 5.41) is 8.87. The first-order valence-electron chi connectivity index (χ1n) is 5.18. The van der Waals surface area contributed by atoms with Gasteiger partial charge in [0.2, 0.25) is 0 Å². The minimum absolute atomic E-state index is 0.339.